The van der Waals surface area contributed by atoms with Gasteiger partial charge in [0.05, 0.1) is 25.9 Å². The molecule has 1 aliphatic rings. The van der Waals surface area contributed by atoms with Gasteiger partial charge in [-0.05, 0) is 24.5 Å². The van der Waals surface area contributed by atoms with Gasteiger partial charge in [-0.1, -0.05) is 26.0 Å². The van der Waals surface area contributed by atoms with Gasteiger partial charge in [-0.3, -0.25) is 9.59 Å². The van der Waals surface area contributed by atoms with Crippen LogP contribution in [0.25, 0.3) is 0 Å². The number of benzene rings is 1. The van der Waals surface area contributed by atoms with E-state index in [4.69, 9.17) is 9.47 Å². The molecule has 1 aliphatic heterocycles. The van der Waals surface area contributed by atoms with Gasteiger partial charge in [0.1, 0.15) is 11.8 Å². The van der Waals surface area contributed by atoms with Crippen LogP contribution in [-0.4, -0.2) is 56.2 Å². The largest absolute Gasteiger partial charge is 0.496 e. The van der Waals surface area contributed by atoms with Crippen molar-refractivity contribution in [3.05, 3.63) is 29.8 Å². The predicted octanol–water partition coefficient (Wildman–Crippen LogP) is 1.70. The van der Waals surface area contributed by atoms with Gasteiger partial charge in [-0.15, -0.1) is 0 Å². The highest BCUT2D eigenvalue weighted by Crippen LogP contribution is 2.18. The molecular formula is C18H26N2O4. The molecule has 0 radical (unpaired) electrons. The van der Waals surface area contributed by atoms with Crippen LogP contribution < -0.4 is 10.1 Å². The van der Waals surface area contributed by atoms with Crippen LogP contribution in [0.2, 0.25) is 0 Å². The summed E-state index contributed by atoms with van der Waals surface area (Å²) in [6.45, 7) is 6.29. The van der Waals surface area contributed by atoms with Crippen LogP contribution in [-0.2, 0) is 9.53 Å². The van der Waals surface area contributed by atoms with E-state index >= 15 is 0 Å². The molecule has 2 amide bonds. The highest BCUT2D eigenvalue weighted by Gasteiger charge is 2.28. The zero-order chi connectivity index (χ0) is 17.5. The number of nitrogens with zero attached hydrogens (tertiary/aromatic N) is 1. The maximum Gasteiger partial charge on any atom is 0.255 e. The van der Waals surface area contributed by atoms with E-state index in [-0.39, 0.29) is 17.7 Å². The third-order valence-corrected chi connectivity index (χ3v) is 3.98. The third-order valence-electron chi connectivity index (χ3n) is 3.98. The van der Waals surface area contributed by atoms with Gasteiger partial charge < -0.3 is 19.7 Å². The van der Waals surface area contributed by atoms with Gasteiger partial charge in [0.25, 0.3) is 5.91 Å². The minimum Gasteiger partial charge on any atom is -0.496 e. The molecule has 1 saturated heterocycles. The first kappa shape index (κ1) is 18.3. The molecule has 1 atom stereocenters. The molecule has 132 valence electrons. The maximum absolute atomic E-state index is 12.8. The predicted molar refractivity (Wildman–Crippen MR) is 91.1 cm³/mol. The summed E-state index contributed by atoms with van der Waals surface area (Å²) in [5.74, 6) is 0.449. The first-order chi connectivity index (χ1) is 11.5. The number of ether oxygens (including phenoxy) is 2. The lowest BCUT2D eigenvalue weighted by atomic mass is 10.0. The lowest BCUT2D eigenvalue weighted by molar-refractivity contribution is -0.137. The topological polar surface area (TPSA) is 67.9 Å². The number of morpholine rings is 1. The molecule has 6 nitrogen and oxygen atoms in total. The van der Waals surface area contributed by atoms with E-state index in [0.29, 0.717) is 44.0 Å². The molecule has 0 aromatic heterocycles. The number of hydrogen-bond donors (Lipinski definition) is 1. The molecular weight excluding hydrogens is 308 g/mol. The van der Waals surface area contributed by atoms with E-state index in [2.05, 4.69) is 5.32 Å². The Hall–Kier alpha value is -2.08. The van der Waals surface area contributed by atoms with Gasteiger partial charge in [-0.2, -0.15) is 0 Å². The quantitative estimate of drug-likeness (QED) is 0.860. The summed E-state index contributed by atoms with van der Waals surface area (Å²) in [4.78, 5) is 27.2. The number of carbonyl (C=O) groups is 2. The summed E-state index contributed by atoms with van der Waals surface area (Å²) in [7, 11) is 1.52. The van der Waals surface area contributed by atoms with Crippen molar-refractivity contribution in [1.82, 2.24) is 10.2 Å². The van der Waals surface area contributed by atoms with Crippen molar-refractivity contribution in [1.29, 1.82) is 0 Å². The molecule has 0 aliphatic carbocycles. The van der Waals surface area contributed by atoms with Crippen LogP contribution in [0, 0.1) is 5.92 Å². The van der Waals surface area contributed by atoms with Gasteiger partial charge >= 0.3 is 0 Å². The number of para-hydroxylation sites is 1. The van der Waals surface area contributed by atoms with Crippen molar-refractivity contribution < 1.29 is 19.1 Å². The summed E-state index contributed by atoms with van der Waals surface area (Å²) in [6.07, 6.45) is 0.594. The van der Waals surface area contributed by atoms with Crippen LogP contribution in [0.4, 0.5) is 0 Å². The van der Waals surface area contributed by atoms with E-state index in [1.54, 1.807) is 29.2 Å². The van der Waals surface area contributed by atoms with Crippen molar-refractivity contribution >= 4 is 11.8 Å². The van der Waals surface area contributed by atoms with Gasteiger partial charge in [0.15, 0.2) is 0 Å². The van der Waals surface area contributed by atoms with Crippen LogP contribution >= 0.6 is 0 Å². The summed E-state index contributed by atoms with van der Waals surface area (Å²) in [5, 5.41) is 2.89. The van der Waals surface area contributed by atoms with E-state index in [9.17, 15) is 9.59 Å². The molecule has 1 fully saturated rings. The van der Waals surface area contributed by atoms with E-state index in [1.165, 1.54) is 7.11 Å². The molecule has 0 unspecified atom stereocenters. The van der Waals surface area contributed by atoms with Crippen molar-refractivity contribution in [3.63, 3.8) is 0 Å². The highest BCUT2D eigenvalue weighted by molar-refractivity contribution is 5.99. The average molecular weight is 334 g/mol. The minimum absolute atomic E-state index is 0.0461. The lowest BCUT2D eigenvalue weighted by Gasteiger charge is -2.31. The third kappa shape index (κ3) is 4.71. The van der Waals surface area contributed by atoms with Crippen molar-refractivity contribution in [2.24, 2.45) is 5.92 Å². The molecule has 24 heavy (non-hydrogen) atoms. The zero-order valence-corrected chi connectivity index (χ0v) is 14.6. The van der Waals surface area contributed by atoms with Crippen LogP contribution in [0.1, 0.15) is 30.6 Å². The molecule has 1 heterocycles. The van der Waals surface area contributed by atoms with Crippen LogP contribution in [0.3, 0.4) is 0 Å². The Labute approximate surface area is 143 Å². The standard InChI is InChI=1S/C18H26N2O4/c1-13(2)12-15(18(22)20-8-10-24-11-9-20)19-17(21)14-6-4-5-7-16(14)23-3/h4-7,13,15H,8-12H2,1-3H3,(H,19,21)/t15-/m0/s1. The van der Waals surface area contributed by atoms with Crippen molar-refractivity contribution in [3.8, 4) is 5.75 Å². The van der Waals surface area contributed by atoms with Crippen LogP contribution in [0.15, 0.2) is 24.3 Å². The Morgan fingerprint density at radius 2 is 1.92 bits per heavy atom. The molecule has 6 heteroatoms. The SMILES string of the molecule is COc1ccccc1C(=O)N[C@@H](CC(C)C)C(=O)N1CCOCC1. The van der Waals surface area contributed by atoms with E-state index in [0.717, 1.165) is 0 Å². The smallest absolute Gasteiger partial charge is 0.255 e. The van der Waals surface area contributed by atoms with Gasteiger partial charge in [0, 0.05) is 13.1 Å². The second kappa shape index (κ2) is 8.68. The average Bonchev–Trinajstić information content (AvgIpc) is 2.60. The minimum atomic E-state index is -0.541. The Bertz CT molecular complexity index is 568. The molecule has 1 aromatic carbocycles. The lowest BCUT2D eigenvalue weighted by Crippen LogP contribution is -2.52. The molecule has 1 aromatic rings. The summed E-state index contributed by atoms with van der Waals surface area (Å²) >= 11 is 0. The van der Waals surface area contributed by atoms with E-state index in [1.807, 2.05) is 13.8 Å². The molecule has 0 saturated carbocycles. The first-order valence-electron chi connectivity index (χ1n) is 8.33. The normalized spacial score (nSPS) is 15.9. The Balaban J connectivity index is 2.12. The monoisotopic (exact) mass is 334 g/mol. The molecule has 0 bridgehead atoms. The fourth-order valence-electron chi connectivity index (χ4n) is 2.77. The second-order valence-corrected chi connectivity index (χ2v) is 6.29. The molecule has 1 N–H and O–H groups in total. The summed E-state index contributed by atoms with van der Waals surface area (Å²) in [6, 6.07) is 6.47. The zero-order valence-electron chi connectivity index (χ0n) is 14.6. The fourth-order valence-corrected chi connectivity index (χ4v) is 2.77. The van der Waals surface area contributed by atoms with Gasteiger partial charge in [0.2, 0.25) is 5.91 Å². The number of amides is 2. The van der Waals surface area contributed by atoms with E-state index < -0.39 is 6.04 Å². The molecule has 2 rings (SSSR count). The Kier molecular flexibility index (Phi) is 6.61. The molecule has 0 spiro atoms. The Morgan fingerprint density at radius 1 is 1.25 bits per heavy atom. The van der Waals surface area contributed by atoms with Gasteiger partial charge in [-0.25, -0.2) is 0 Å². The second-order valence-electron chi connectivity index (χ2n) is 6.29. The number of methoxy groups -OCH3 is 1. The number of nitrogens with one attached hydrogen (secondary N) is 1. The summed E-state index contributed by atoms with van der Waals surface area (Å²) in [5.41, 5.74) is 0.434. The summed E-state index contributed by atoms with van der Waals surface area (Å²) < 4.78 is 10.5. The number of carbonyl (C=O) groups excluding carboxylic acids is 2. The van der Waals surface area contributed by atoms with Crippen molar-refractivity contribution in [2.75, 3.05) is 33.4 Å². The highest BCUT2D eigenvalue weighted by atomic mass is 16.5. The van der Waals surface area contributed by atoms with Crippen molar-refractivity contribution in [2.45, 2.75) is 26.3 Å². The maximum atomic E-state index is 12.8. The fraction of sp³-hybridized carbons (Fsp3) is 0.556. The number of hydrogen-bond acceptors (Lipinski definition) is 4. The van der Waals surface area contributed by atoms with Crippen LogP contribution in [0.5, 0.6) is 5.75 Å². The number of rotatable bonds is 6. The Morgan fingerprint density at radius 3 is 2.54 bits per heavy atom. The first-order valence-corrected chi connectivity index (χ1v) is 8.33.